The van der Waals surface area contributed by atoms with Crippen molar-refractivity contribution in [3.63, 3.8) is 0 Å². The van der Waals surface area contributed by atoms with E-state index >= 15 is 0 Å². The molecule has 0 atom stereocenters. The molecule has 1 heterocycles. The van der Waals surface area contributed by atoms with E-state index in [-0.39, 0.29) is 0 Å². The number of nitrogens with zero attached hydrogens (tertiary/aromatic N) is 1. The number of fused-ring (bicyclic) bond motifs is 5. The van der Waals surface area contributed by atoms with Crippen LogP contribution >= 0.6 is 0 Å². The molecule has 0 unspecified atom stereocenters. The third-order valence-corrected chi connectivity index (χ3v) is 11.4. The highest BCUT2D eigenvalue weighted by Crippen LogP contribution is 2.41. The molecular weight excluding hydrogens is 703 g/mol. The lowest BCUT2D eigenvalue weighted by atomic mass is 9.95. The number of benzene rings is 10. The van der Waals surface area contributed by atoms with E-state index in [0.717, 1.165) is 55.7 Å². The molecule has 0 N–H and O–H groups in total. The Kier molecular flexibility index (Phi) is 8.19. The lowest BCUT2D eigenvalue weighted by Gasteiger charge is -2.27. The molecule has 0 saturated heterocycles. The molecule has 11 rings (SSSR count). The summed E-state index contributed by atoms with van der Waals surface area (Å²) in [5.41, 5.74) is 14.4. The molecular formula is C56H37NO. The van der Waals surface area contributed by atoms with Gasteiger partial charge in [-0.15, -0.1) is 0 Å². The molecule has 11 aromatic rings. The van der Waals surface area contributed by atoms with E-state index < -0.39 is 0 Å². The lowest BCUT2D eigenvalue weighted by molar-refractivity contribution is 0.670. The maximum atomic E-state index is 6.44. The maximum Gasteiger partial charge on any atom is 0.143 e. The van der Waals surface area contributed by atoms with Crippen LogP contribution in [0.25, 0.3) is 88.0 Å². The topological polar surface area (TPSA) is 16.4 Å². The van der Waals surface area contributed by atoms with Crippen molar-refractivity contribution in [2.75, 3.05) is 4.90 Å². The van der Waals surface area contributed by atoms with Gasteiger partial charge in [0, 0.05) is 33.4 Å². The Morgan fingerprint density at radius 1 is 0.276 bits per heavy atom. The molecule has 0 fully saturated rings. The van der Waals surface area contributed by atoms with Gasteiger partial charge in [0.15, 0.2) is 0 Å². The summed E-state index contributed by atoms with van der Waals surface area (Å²) in [5, 5.41) is 7.24. The van der Waals surface area contributed by atoms with Gasteiger partial charge in [0.2, 0.25) is 0 Å². The monoisotopic (exact) mass is 739 g/mol. The molecule has 0 radical (unpaired) electrons. The summed E-state index contributed by atoms with van der Waals surface area (Å²) < 4.78 is 6.44. The molecule has 2 nitrogen and oxygen atoms in total. The smallest absolute Gasteiger partial charge is 0.143 e. The molecule has 272 valence electrons. The van der Waals surface area contributed by atoms with Gasteiger partial charge in [0.05, 0.1) is 0 Å². The first-order chi connectivity index (χ1) is 28.7. The minimum atomic E-state index is 0.904. The lowest BCUT2D eigenvalue weighted by Crippen LogP contribution is -2.10. The van der Waals surface area contributed by atoms with Crippen LogP contribution in [0, 0.1) is 0 Å². The zero-order valence-electron chi connectivity index (χ0n) is 31.7. The Morgan fingerprint density at radius 2 is 0.810 bits per heavy atom. The summed E-state index contributed by atoms with van der Waals surface area (Å²) >= 11 is 0. The van der Waals surface area contributed by atoms with Crippen LogP contribution < -0.4 is 4.90 Å². The second-order valence-corrected chi connectivity index (χ2v) is 14.9. The van der Waals surface area contributed by atoms with Crippen LogP contribution in [0.3, 0.4) is 0 Å². The summed E-state index contributed by atoms with van der Waals surface area (Å²) in [6.07, 6.45) is 0. The summed E-state index contributed by atoms with van der Waals surface area (Å²) in [4.78, 5) is 2.37. The maximum absolute atomic E-state index is 6.44. The van der Waals surface area contributed by atoms with Crippen molar-refractivity contribution in [3.05, 3.63) is 224 Å². The van der Waals surface area contributed by atoms with Gasteiger partial charge in [-0.1, -0.05) is 170 Å². The van der Waals surface area contributed by atoms with E-state index in [2.05, 4.69) is 217 Å². The van der Waals surface area contributed by atoms with Gasteiger partial charge in [-0.25, -0.2) is 0 Å². The SMILES string of the molecule is c1cc(-c2cccc(N(c3ccc(-c4cccc5c4oc4ccccc45)cc3)c3cccc(-c4ccc5ccccc5c4)c3)c2)cc(-c2cccc3ccccc23)c1. The van der Waals surface area contributed by atoms with Gasteiger partial charge in [0.1, 0.15) is 11.2 Å². The second-order valence-electron chi connectivity index (χ2n) is 14.9. The molecule has 0 bridgehead atoms. The van der Waals surface area contributed by atoms with Crippen molar-refractivity contribution in [2.45, 2.75) is 0 Å². The molecule has 0 aliphatic heterocycles. The molecule has 0 aliphatic rings. The minimum Gasteiger partial charge on any atom is -0.455 e. The van der Waals surface area contributed by atoms with Gasteiger partial charge in [-0.2, -0.15) is 0 Å². The Labute approximate surface area is 337 Å². The normalized spacial score (nSPS) is 11.4. The number of furan rings is 1. The zero-order valence-corrected chi connectivity index (χ0v) is 31.7. The molecule has 0 saturated carbocycles. The van der Waals surface area contributed by atoms with Crippen molar-refractivity contribution >= 4 is 60.5 Å². The summed E-state index contributed by atoms with van der Waals surface area (Å²) in [6, 6.07) is 80.8. The standard InChI is InChI=1S/C56H37NO/c1-2-14-41-34-45(29-28-38(41)12-1)44-18-9-21-49(37-44)57(47-32-30-40(31-33-47)52-25-11-26-54-53-23-5-6-27-55(53)58-56(52)54)48-20-8-17-43(36-48)42-16-7-19-46(35-42)51-24-10-15-39-13-3-4-22-50(39)51/h1-37H. The van der Waals surface area contributed by atoms with Crippen molar-refractivity contribution in [2.24, 2.45) is 0 Å². The molecule has 1 aromatic heterocycles. The van der Waals surface area contributed by atoms with Gasteiger partial charge < -0.3 is 9.32 Å². The van der Waals surface area contributed by atoms with Crippen LogP contribution in [0.1, 0.15) is 0 Å². The van der Waals surface area contributed by atoms with E-state index in [1.807, 2.05) is 12.1 Å². The summed E-state index contributed by atoms with van der Waals surface area (Å²) in [5.74, 6) is 0. The summed E-state index contributed by atoms with van der Waals surface area (Å²) in [7, 11) is 0. The molecule has 0 aliphatic carbocycles. The Hall–Kier alpha value is -7.68. The van der Waals surface area contributed by atoms with Crippen molar-refractivity contribution < 1.29 is 4.42 Å². The number of para-hydroxylation sites is 2. The van der Waals surface area contributed by atoms with Gasteiger partial charge in [-0.05, 0) is 115 Å². The number of anilines is 3. The average molecular weight is 740 g/mol. The predicted molar refractivity (Wildman–Crippen MR) is 245 cm³/mol. The first kappa shape index (κ1) is 33.6. The third kappa shape index (κ3) is 6.00. The van der Waals surface area contributed by atoms with Gasteiger partial charge in [-0.3, -0.25) is 0 Å². The quantitative estimate of drug-likeness (QED) is 0.162. The van der Waals surface area contributed by atoms with E-state index in [1.54, 1.807) is 0 Å². The van der Waals surface area contributed by atoms with E-state index in [4.69, 9.17) is 4.42 Å². The van der Waals surface area contributed by atoms with E-state index in [9.17, 15) is 0 Å². The Balaban J connectivity index is 1.02. The minimum absolute atomic E-state index is 0.904. The molecule has 58 heavy (non-hydrogen) atoms. The fraction of sp³-hybridized carbons (Fsp3) is 0. The first-order valence-corrected chi connectivity index (χ1v) is 19.8. The van der Waals surface area contributed by atoms with Crippen LogP contribution in [-0.4, -0.2) is 0 Å². The number of hydrogen-bond donors (Lipinski definition) is 0. The third-order valence-electron chi connectivity index (χ3n) is 11.4. The van der Waals surface area contributed by atoms with Crippen LogP contribution in [-0.2, 0) is 0 Å². The highest BCUT2D eigenvalue weighted by atomic mass is 16.3. The highest BCUT2D eigenvalue weighted by molar-refractivity contribution is 6.09. The first-order valence-electron chi connectivity index (χ1n) is 19.8. The fourth-order valence-corrected chi connectivity index (χ4v) is 8.57. The largest absolute Gasteiger partial charge is 0.455 e. The van der Waals surface area contributed by atoms with E-state index in [1.165, 1.54) is 49.4 Å². The fourth-order valence-electron chi connectivity index (χ4n) is 8.57. The predicted octanol–water partition coefficient (Wildman–Crippen LogP) is 16.0. The van der Waals surface area contributed by atoms with Crippen LogP contribution in [0.5, 0.6) is 0 Å². The molecule has 2 heteroatoms. The van der Waals surface area contributed by atoms with Crippen molar-refractivity contribution in [1.29, 1.82) is 0 Å². The molecule has 0 spiro atoms. The van der Waals surface area contributed by atoms with Crippen LogP contribution in [0.2, 0.25) is 0 Å². The number of hydrogen-bond acceptors (Lipinski definition) is 2. The number of rotatable bonds is 7. The van der Waals surface area contributed by atoms with Crippen LogP contribution in [0.4, 0.5) is 17.1 Å². The second kappa shape index (κ2) is 14.1. The van der Waals surface area contributed by atoms with Crippen LogP contribution in [0.15, 0.2) is 229 Å². The highest BCUT2D eigenvalue weighted by Gasteiger charge is 2.17. The molecule has 0 amide bonds. The van der Waals surface area contributed by atoms with Crippen molar-refractivity contribution in [1.82, 2.24) is 0 Å². The molecule has 10 aromatic carbocycles. The Bertz CT molecular complexity index is 3290. The van der Waals surface area contributed by atoms with Crippen molar-refractivity contribution in [3.8, 4) is 44.5 Å². The Morgan fingerprint density at radius 3 is 1.60 bits per heavy atom. The van der Waals surface area contributed by atoms with Gasteiger partial charge >= 0.3 is 0 Å². The average Bonchev–Trinajstić information content (AvgIpc) is 3.68. The van der Waals surface area contributed by atoms with E-state index in [0.29, 0.717) is 0 Å². The summed E-state index contributed by atoms with van der Waals surface area (Å²) in [6.45, 7) is 0. The van der Waals surface area contributed by atoms with Gasteiger partial charge in [0.25, 0.3) is 0 Å². The zero-order chi connectivity index (χ0) is 38.4.